The Kier molecular flexibility index (Phi) is 6.15. The molecule has 0 aliphatic carbocycles. The van der Waals surface area contributed by atoms with Crippen molar-refractivity contribution in [2.75, 3.05) is 44.0 Å². The number of fused-ring (bicyclic) bond motifs is 1. The Morgan fingerprint density at radius 3 is 2.50 bits per heavy atom. The highest BCUT2D eigenvalue weighted by atomic mass is 35.5. The van der Waals surface area contributed by atoms with Crippen molar-refractivity contribution in [2.24, 2.45) is 0 Å². The van der Waals surface area contributed by atoms with Crippen molar-refractivity contribution in [3.63, 3.8) is 0 Å². The maximum absolute atomic E-state index is 16.0. The van der Waals surface area contributed by atoms with Gasteiger partial charge in [-0.3, -0.25) is 0 Å². The number of hydrogen-bond donors (Lipinski definition) is 0. The molecule has 2 aromatic carbocycles. The number of aromatic nitrogens is 3. The minimum Gasteiger partial charge on any atom is -0.370 e. The Balaban J connectivity index is 1.62. The van der Waals surface area contributed by atoms with E-state index in [1.165, 1.54) is 0 Å². The van der Waals surface area contributed by atoms with Gasteiger partial charge in [0, 0.05) is 43.5 Å². The SMILES string of the molecule is CN(c1c(F)cc(-c2cccc(Cl)c2)cc1N1CCC(N(C)C)CC1)c1ccnc2ccnn12. The van der Waals surface area contributed by atoms with Gasteiger partial charge in [0.25, 0.3) is 0 Å². The molecule has 0 bridgehead atoms. The molecular weight excluding hydrogens is 451 g/mol. The van der Waals surface area contributed by atoms with E-state index in [1.54, 1.807) is 23.0 Å². The van der Waals surface area contributed by atoms with Crippen LogP contribution in [0.5, 0.6) is 0 Å². The van der Waals surface area contributed by atoms with Gasteiger partial charge in [-0.25, -0.2) is 9.37 Å². The van der Waals surface area contributed by atoms with Crippen LogP contribution in [0.15, 0.2) is 60.9 Å². The van der Waals surface area contributed by atoms with E-state index in [1.807, 2.05) is 48.3 Å². The number of rotatable bonds is 5. The minimum absolute atomic E-state index is 0.290. The number of halogens is 2. The zero-order valence-electron chi connectivity index (χ0n) is 19.6. The van der Waals surface area contributed by atoms with Crippen LogP contribution < -0.4 is 9.80 Å². The molecule has 1 aliphatic rings. The predicted octanol–water partition coefficient (Wildman–Crippen LogP) is 5.49. The standard InChI is InChI=1S/C26H28ClFN6/c1-31(2)21-9-13-33(14-10-21)23-17-19(18-5-4-6-20(27)15-18)16-22(28)26(23)32(3)25-8-11-29-24-7-12-30-34(24)25/h4-8,11-12,15-17,21H,9-10,13-14H2,1-3H3. The molecule has 8 heteroatoms. The first-order valence-corrected chi connectivity index (χ1v) is 11.8. The molecule has 4 aromatic rings. The summed E-state index contributed by atoms with van der Waals surface area (Å²) in [6.45, 7) is 1.71. The second kappa shape index (κ2) is 9.24. The summed E-state index contributed by atoms with van der Waals surface area (Å²) in [5.74, 6) is 0.454. The van der Waals surface area contributed by atoms with Crippen molar-refractivity contribution >= 4 is 34.4 Å². The van der Waals surface area contributed by atoms with Gasteiger partial charge in [-0.05, 0) is 68.4 Å². The molecule has 3 heterocycles. The third kappa shape index (κ3) is 4.21. The van der Waals surface area contributed by atoms with Gasteiger partial charge < -0.3 is 14.7 Å². The summed E-state index contributed by atoms with van der Waals surface area (Å²) in [6.07, 6.45) is 5.48. The van der Waals surface area contributed by atoms with Crippen LogP contribution in [0.25, 0.3) is 16.8 Å². The lowest BCUT2D eigenvalue weighted by atomic mass is 9.99. The molecular formula is C26H28ClFN6. The molecule has 176 valence electrons. The van der Waals surface area contributed by atoms with E-state index in [9.17, 15) is 0 Å². The van der Waals surface area contributed by atoms with Crippen molar-refractivity contribution in [2.45, 2.75) is 18.9 Å². The lowest BCUT2D eigenvalue weighted by Gasteiger charge is -2.38. The summed E-state index contributed by atoms with van der Waals surface area (Å²) in [6, 6.07) is 15.4. The molecule has 1 saturated heterocycles. The quantitative estimate of drug-likeness (QED) is 0.379. The number of anilines is 3. The highest BCUT2D eigenvalue weighted by molar-refractivity contribution is 6.30. The fraction of sp³-hybridized carbons (Fsp3) is 0.308. The first-order valence-electron chi connectivity index (χ1n) is 11.5. The van der Waals surface area contributed by atoms with Crippen LogP contribution in [0.1, 0.15) is 12.8 Å². The van der Waals surface area contributed by atoms with Gasteiger partial charge in [-0.2, -0.15) is 9.61 Å². The summed E-state index contributed by atoms with van der Waals surface area (Å²) < 4.78 is 17.7. The molecule has 0 saturated carbocycles. The molecule has 34 heavy (non-hydrogen) atoms. The number of benzene rings is 2. The topological polar surface area (TPSA) is 39.9 Å². The average molecular weight is 479 g/mol. The van der Waals surface area contributed by atoms with Crippen molar-refractivity contribution < 1.29 is 4.39 Å². The lowest BCUT2D eigenvalue weighted by molar-refractivity contribution is 0.249. The second-order valence-corrected chi connectivity index (χ2v) is 9.42. The highest BCUT2D eigenvalue weighted by Crippen LogP contribution is 2.40. The molecule has 1 fully saturated rings. The van der Waals surface area contributed by atoms with Gasteiger partial charge in [0.05, 0.1) is 11.9 Å². The third-order valence-corrected chi connectivity index (χ3v) is 6.92. The molecule has 5 rings (SSSR count). The van der Waals surface area contributed by atoms with Gasteiger partial charge in [-0.15, -0.1) is 0 Å². The summed E-state index contributed by atoms with van der Waals surface area (Å²) in [4.78, 5) is 10.8. The summed E-state index contributed by atoms with van der Waals surface area (Å²) in [5.41, 5.74) is 3.81. The molecule has 0 N–H and O–H groups in total. The molecule has 2 aromatic heterocycles. The smallest absolute Gasteiger partial charge is 0.157 e. The largest absolute Gasteiger partial charge is 0.370 e. The van der Waals surface area contributed by atoms with Gasteiger partial charge in [0.2, 0.25) is 0 Å². The van der Waals surface area contributed by atoms with E-state index in [0.29, 0.717) is 22.4 Å². The van der Waals surface area contributed by atoms with Crippen LogP contribution in [-0.4, -0.2) is 59.8 Å². The van der Waals surface area contributed by atoms with Crippen LogP contribution in [0.2, 0.25) is 5.02 Å². The Bertz CT molecular complexity index is 1310. The van der Waals surface area contributed by atoms with E-state index in [2.05, 4.69) is 40.0 Å². The zero-order valence-corrected chi connectivity index (χ0v) is 20.4. The van der Waals surface area contributed by atoms with E-state index in [-0.39, 0.29) is 5.82 Å². The molecule has 0 radical (unpaired) electrons. The maximum Gasteiger partial charge on any atom is 0.157 e. The first kappa shape index (κ1) is 22.6. The fourth-order valence-corrected chi connectivity index (χ4v) is 5.00. The summed E-state index contributed by atoms with van der Waals surface area (Å²) in [7, 11) is 6.12. The normalized spacial score (nSPS) is 14.8. The Morgan fingerprint density at radius 2 is 1.76 bits per heavy atom. The van der Waals surface area contributed by atoms with Gasteiger partial charge >= 0.3 is 0 Å². The van der Waals surface area contributed by atoms with E-state index in [4.69, 9.17) is 11.6 Å². The summed E-state index contributed by atoms with van der Waals surface area (Å²) in [5, 5.41) is 5.03. The van der Waals surface area contributed by atoms with E-state index in [0.717, 1.165) is 48.6 Å². The van der Waals surface area contributed by atoms with Crippen molar-refractivity contribution in [1.29, 1.82) is 0 Å². The Hall–Kier alpha value is -3.16. The van der Waals surface area contributed by atoms with Gasteiger partial charge in [0.1, 0.15) is 17.3 Å². The van der Waals surface area contributed by atoms with Crippen LogP contribution in [0, 0.1) is 5.82 Å². The molecule has 0 amide bonds. The molecule has 0 spiro atoms. The Morgan fingerprint density at radius 1 is 0.971 bits per heavy atom. The Labute approximate surface area is 204 Å². The number of hydrogen-bond acceptors (Lipinski definition) is 5. The van der Waals surface area contributed by atoms with Crippen LogP contribution in [0.4, 0.5) is 21.6 Å². The van der Waals surface area contributed by atoms with Crippen LogP contribution >= 0.6 is 11.6 Å². The maximum atomic E-state index is 16.0. The molecule has 0 unspecified atom stereocenters. The molecule has 0 atom stereocenters. The van der Waals surface area contributed by atoms with Crippen molar-refractivity contribution in [1.82, 2.24) is 19.5 Å². The second-order valence-electron chi connectivity index (χ2n) is 8.98. The van der Waals surface area contributed by atoms with Crippen molar-refractivity contribution in [3.8, 4) is 11.1 Å². The monoisotopic (exact) mass is 478 g/mol. The molecule has 6 nitrogen and oxygen atoms in total. The van der Waals surface area contributed by atoms with Crippen molar-refractivity contribution in [3.05, 3.63) is 71.8 Å². The van der Waals surface area contributed by atoms with E-state index >= 15 is 4.39 Å². The lowest BCUT2D eigenvalue weighted by Crippen LogP contribution is -2.42. The molecule has 1 aliphatic heterocycles. The zero-order chi connectivity index (χ0) is 23.8. The average Bonchev–Trinajstić information content (AvgIpc) is 3.32. The minimum atomic E-state index is -0.290. The summed E-state index contributed by atoms with van der Waals surface area (Å²) >= 11 is 6.24. The first-order chi connectivity index (χ1) is 16.4. The number of nitrogens with zero attached hydrogens (tertiary/aromatic N) is 6. The van der Waals surface area contributed by atoms with Gasteiger partial charge in [-0.1, -0.05) is 23.7 Å². The number of piperidine rings is 1. The third-order valence-electron chi connectivity index (χ3n) is 6.69. The predicted molar refractivity (Wildman–Crippen MR) is 137 cm³/mol. The van der Waals surface area contributed by atoms with E-state index < -0.39 is 0 Å². The fourth-order valence-electron chi connectivity index (χ4n) is 4.81. The van der Waals surface area contributed by atoms with Crippen LogP contribution in [0.3, 0.4) is 0 Å². The highest BCUT2D eigenvalue weighted by Gasteiger charge is 2.27. The van der Waals surface area contributed by atoms with Crippen LogP contribution in [-0.2, 0) is 0 Å². The van der Waals surface area contributed by atoms with Gasteiger partial charge in [0.15, 0.2) is 5.65 Å².